The molecule has 1 aliphatic heterocycles. The predicted octanol–water partition coefficient (Wildman–Crippen LogP) is 2.39. The second-order valence-electron chi connectivity index (χ2n) is 5.13. The first-order valence-corrected chi connectivity index (χ1v) is 7.87. The molecule has 1 atom stereocenters. The van der Waals surface area contributed by atoms with E-state index in [1.807, 2.05) is 0 Å². The van der Waals surface area contributed by atoms with Crippen LogP contribution in [0.5, 0.6) is 0 Å². The van der Waals surface area contributed by atoms with Crippen molar-refractivity contribution in [2.24, 2.45) is 0 Å². The minimum atomic E-state index is -0.641. The minimum absolute atomic E-state index is 0.00944. The maximum absolute atomic E-state index is 14.4. The van der Waals surface area contributed by atoms with Crippen molar-refractivity contribution in [1.29, 1.82) is 0 Å². The molecular weight excluding hydrogens is 339 g/mol. The number of methoxy groups -OCH3 is 1. The fraction of sp³-hybridized carbons (Fsp3) is 0.375. The summed E-state index contributed by atoms with van der Waals surface area (Å²) in [6.07, 6.45) is 3.58. The summed E-state index contributed by atoms with van der Waals surface area (Å²) in [5.74, 6) is -1.99. The summed E-state index contributed by atoms with van der Waals surface area (Å²) >= 11 is 5.46. The Morgan fingerprint density at radius 1 is 1.50 bits per heavy atom. The Hall–Kier alpha value is -2.12. The second kappa shape index (κ2) is 8.65. The zero-order valence-corrected chi connectivity index (χ0v) is 13.9. The van der Waals surface area contributed by atoms with Crippen LogP contribution in [0.2, 0.25) is 0 Å². The maximum atomic E-state index is 14.4. The van der Waals surface area contributed by atoms with Crippen LogP contribution in [0.4, 0.5) is 15.8 Å². The van der Waals surface area contributed by atoms with Crippen molar-refractivity contribution < 1.29 is 23.5 Å². The molecule has 1 aromatic rings. The Bertz CT molecular complexity index is 647. The first-order chi connectivity index (χ1) is 11.5. The summed E-state index contributed by atoms with van der Waals surface area (Å²) in [5.41, 5.74) is 0.836. The van der Waals surface area contributed by atoms with Gasteiger partial charge in [0.05, 0.1) is 18.9 Å². The summed E-state index contributed by atoms with van der Waals surface area (Å²) < 4.78 is 24.2. The number of halogens is 2. The summed E-state index contributed by atoms with van der Waals surface area (Å²) in [6, 6.07) is 2.82. The van der Waals surface area contributed by atoms with E-state index in [0.29, 0.717) is 24.4 Å². The average molecular weight is 357 g/mol. The molecule has 1 aliphatic rings. The molecule has 1 aromatic carbocycles. The maximum Gasteiger partial charge on any atom is 0.330 e. The number of anilines is 2. The van der Waals surface area contributed by atoms with Crippen LogP contribution in [0.3, 0.4) is 0 Å². The van der Waals surface area contributed by atoms with Gasteiger partial charge < -0.3 is 20.1 Å². The van der Waals surface area contributed by atoms with Gasteiger partial charge in [-0.05, 0) is 30.2 Å². The third-order valence-corrected chi connectivity index (χ3v) is 3.67. The van der Waals surface area contributed by atoms with Gasteiger partial charge in [-0.1, -0.05) is 0 Å². The van der Waals surface area contributed by atoms with Crippen LogP contribution >= 0.6 is 11.6 Å². The molecule has 0 spiro atoms. The first-order valence-electron chi connectivity index (χ1n) is 7.34. The molecule has 6 nitrogen and oxygen atoms in total. The quantitative estimate of drug-likeness (QED) is 0.445. The Morgan fingerprint density at radius 2 is 2.25 bits per heavy atom. The Balaban J connectivity index is 2.24. The van der Waals surface area contributed by atoms with Crippen molar-refractivity contribution in [1.82, 2.24) is 0 Å². The van der Waals surface area contributed by atoms with Crippen molar-refractivity contribution in [2.45, 2.75) is 12.5 Å². The van der Waals surface area contributed by atoms with Gasteiger partial charge in [-0.15, -0.1) is 11.6 Å². The lowest BCUT2D eigenvalue weighted by atomic mass is 10.1. The van der Waals surface area contributed by atoms with Crippen LogP contribution < -0.4 is 10.6 Å². The number of carbonyl (C=O) groups is 2. The highest BCUT2D eigenvalue weighted by atomic mass is 35.5. The summed E-state index contributed by atoms with van der Waals surface area (Å²) in [4.78, 5) is 22.7. The Kier molecular flexibility index (Phi) is 6.57. The lowest BCUT2D eigenvalue weighted by Crippen LogP contribution is -2.33. The van der Waals surface area contributed by atoms with E-state index in [-0.39, 0.29) is 17.7 Å². The molecule has 24 heavy (non-hydrogen) atoms. The van der Waals surface area contributed by atoms with Crippen molar-refractivity contribution in [3.8, 4) is 0 Å². The monoisotopic (exact) mass is 356 g/mol. The highest BCUT2D eigenvalue weighted by molar-refractivity contribution is 6.29. The molecule has 1 fully saturated rings. The van der Waals surface area contributed by atoms with Crippen LogP contribution in [0.25, 0.3) is 6.08 Å². The van der Waals surface area contributed by atoms with Gasteiger partial charge in [0.25, 0.3) is 0 Å². The predicted molar refractivity (Wildman–Crippen MR) is 89.6 cm³/mol. The highest BCUT2D eigenvalue weighted by Crippen LogP contribution is 2.28. The molecular formula is C16H18ClFN2O4. The van der Waals surface area contributed by atoms with Crippen LogP contribution in [-0.2, 0) is 19.1 Å². The molecule has 0 aromatic heterocycles. The number of nitrogens with one attached hydrogen (secondary N) is 2. The number of rotatable bonds is 7. The van der Waals surface area contributed by atoms with Gasteiger partial charge >= 0.3 is 5.97 Å². The molecule has 2 rings (SSSR count). The number of hydrogen-bond acceptors (Lipinski definition) is 5. The fourth-order valence-corrected chi connectivity index (χ4v) is 2.13. The van der Waals surface area contributed by atoms with Crippen molar-refractivity contribution in [2.75, 3.05) is 36.8 Å². The van der Waals surface area contributed by atoms with Gasteiger partial charge in [-0.25, -0.2) is 9.18 Å². The molecule has 2 N–H and O–H groups in total. The average Bonchev–Trinajstić information content (AvgIpc) is 2.53. The molecule has 130 valence electrons. The lowest BCUT2D eigenvalue weighted by Gasteiger charge is -2.27. The minimum Gasteiger partial charge on any atom is -0.466 e. The third kappa shape index (κ3) is 4.94. The number of hydrogen-bond donors (Lipinski definition) is 2. The number of benzene rings is 1. The zero-order chi connectivity index (χ0) is 17.5. The summed E-state index contributed by atoms with van der Waals surface area (Å²) in [7, 11) is 1.25. The van der Waals surface area contributed by atoms with Gasteiger partial charge in [-0.3, -0.25) is 4.79 Å². The van der Waals surface area contributed by atoms with Crippen LogP contribution in [0, 0.1) is 5.82 Å². The lowest BCUT2D eigenvalue weighted by molar-refractivity contribution is -0.134. The number of amides is 1. The largest absolute Gasteiger partial charge is 0.466 e. The van der Waals surface area contributed by atoms with E-state index in [4.69, 9.17) is 16.3 Å². The van der Waals surface area contributed by atoms with E-state index in [9.17, 15) is 14.0 Å². The van der Waals surface area contributed by atoms with Gasteiger partial charge in [0.15, 0.2) is 0 Å². The fourth-order valence-electron chi connectivity index (χ4n) is 2.06. The van der Waals surface area contributed by atoms with E-state index in [2.05, 4.69) is 15.4 Å². The number of carbonyl (C=O) groups excluding carboxylic acids is 2. The van der Waals surface area contributed by atoms with Crippen LogP contribution in [-0.4, -0.2) is 44.1 Å². The van der Waals surface area contributed by atoms with Crippen molar-refractivity contribution in [3.63, 3.8) is 0 Å². The smallest absolute Gasteiger partial charge is 0.330 e. The van der Waals surface area contributed by atoms with E-state index in [1.54, 1.807) is 6.07 Å². The van der Waals surface area contributed by atoms with Crippen molar-refractivity contribution in [3.05, 3.63) is 29.6 Å². The standard InChI is InChI=1S/C16H18ClFN2O4/c1-23-15(22)3-2-10-6-12(18)16(20-14(21)8-17)13(7-10)19-9-11-4-5-24-11/h2-3,6-7,11,19H,4-5,8-9H2,1H3,(H,20,21)/b3-2+/t11-/m0/s1. The molecule has 0 radical (unpaired) electrons. The third-order valence-electron chi connectivity index (χ3n) is 3.42. The summed E-state index contributed by atoms with van der Waals surface area (Å²) in [6.45, 7) is 1.19. The van der Waals surface area contributed by atoms with Crippen LogP contribution in [0.1, 0.15) is 12.0 Å². The summed E-state index contributed by atoms with van der Waals surface area (Å²) in [5, 5.41) is 5.48. The van der Waals surface area contributed by atoms with Gasteiger partial charge in [0.1, 0.15) is 17.4 Å². The molecule has 0 bridgehead atoms. The van der Waals surface area contributed by atoms with E-state index < -0.39 is 17.7 Å². The molecule has 0 aliphatic carbocycles. The SMILES string of the molecule is COC(=O)/C=C/c1cc(F)c(NC(=O)CCl)c(NC[C@@H]2CCO2)c1. The first kappa shape index (κ1) is 18.2. The topological polar surface area (TPSA) is 76.7 Å². The molecule has 1 heterocycles. The zero-order valence-electron chi connectivity index (χ0n) is 13.1. The molecule has 0 unspecified atom stereocenters. The second-order valence-corrected chi connectivity index (χ2v) is 5.39. The molecule has 1 saturated heterocycles. The Morgan fingerprint density at radius 3 is 2.83 bits per heavy atom. The number of ether oxygens (including phenoxy) is 2. The van der Waals surface area contributed by atoms with Crippen LogP contribution in [0.15, 0.2) is 18.2 Å². The normalized spacial score (nSPS) is 16.5. The number of esters is 1. The van der Waals surface area contributed by atoms with Gasteiger partial charge in [0.2, 0.25) is 5.91 Å². The van der Waals surface area contributed by atoms with Gasteiger partial charge in [0, 0.05) is 19.2 Å². The molecule has 1 amide bonds. The molecule has 8 heteroatoms. The molecule has 0 saturated carbocycles. The van der Waals surface area contributed by atoms with E-state index >= 15 is 0 Å². The van der Waals surface area contributed by atoms with Gasteiger partial charge in [-0.2, -0.15) is 0 Å². The number of alkyl halides is 1. The Labute approximate surface area is 144 Å². The highest BCUT2D eigenvalue weighted by Gasteiger charge is 2.19. The van der Waals surface area contributed by atoms with E-state index in [0.717, 1.165) is 6.42 Å². The van der Waals surface area contributed by atoms with Crippen molar-refractivity contribution >= 4 is 40.9 Å². The van der Waals surface area contributed by atoms with E-state index in [1.165, 1.54) is 25.3 Å².